The molecule has 0 aliphatic carbocycles. The summed E-state index contributed by atoms with van der Waals surface area (Å²) in [6.45, 7) is 8.51. The van der Waals surface area contributed by atoms with E-state index in [2.05, 4.69) is 40.0 Å². The van der Waals surface area contributed by atoms with Crippen LogP contribution in [-0.4, -0.2) is 32.4 Å². The van der Waals surface area contributed by atoms with Crippen LogP contribution in [0.1, 0.15) is 40.8 Å². The third kappa shape index (κ3) is 2.41. The maximum Gasteiger partial charge on any atom is 0.147 e. The van der Waals surface area contributed by atoms with Gasteiger partial charge in [-0.3, -0.25) is 9.38 Å². The van der Waals surface area contributed by atoms with Gasteiger partial charge in [-0.05, 0) is 33.6 Å². The molecule has 0 unspecified atom stereocenters. The quantitative estimate of drug-likeness (QED) is 0.723. The molecule has 0 amide bonds. The fourth-order valence-corrected chi connectivity index (χ4v) is 4.74. The van der Waals surface area contributed by atoms with E-state index in [4.69, 9.17) is 4.98 Å². The molecule has 23 heavy (non-hydrogen) atoms. The molecule has 1 saturated heterocycles. The van der Waals surface area contributed by atoms with Crippen molar-refractivity contribution in [3.05, 3.63) is 40.7 Å². The molecule has 1 aliphatic heterocycles. The highest BCUT2D eigenvalue weighted by molar-refractivity contribution is 7.17. The van der Waals surface area contributed by atoms with Gasteiger partial charge in [0, 0.05) is 42.0 Å². The van der Waals surface area contributed by atoms with Crippen molar-refractivity contribution in [3.63, 3.8) is 0 Å². The van der Waals surface area contributed by atoms with Gasteiger partial charge in [0.05, 0.1) is 11.9 Å². The number of rotatable bonds is 2. The summed E-state index contributed by atoms with van der Waals surface area (Å²) in [7, 11) is 0. The van der Waals surface area contributed by atoms with E-state index in [1.54, 1.807) is 12.4 Å². The van der Waals surface area contributed by atoms with Crippen LogP contribution in [0, 0.1) is 20.8 Å². The van der Waals surface area contributed by atoms with E-state index >= 15 is 0 Å². The Morgan fingerprint density at radius 1 is 1.22 bits per heavy atom. The third-order valence-electron chi connectivity index (χ3n) is 4.80. The van der Waals surface area contributed by atoms with Crippen LogP contribution in [0.25, 0.3) is 4.83 Å². The minimum atomic E-state index is 0.465. The van der Waals surface area contributed by atoms with E-state index < -0.39 is 0 Å². The maximum absolute atomic E-state index is 4.91. The summed E-state index contributed by atoms with van der Waals surface area (Å²) in [6, 6.07) is 0. The summed E-state index contributed by atoms with van der Waals surface area (Å²) in [4.78, 5) is 18.6. The van der Waals surface area contributed by atoms with E-state index in [-0.39, 0.29) is 0 Å². The SMILES string of the molecule is Cc1sc2c([C@H]3CCCN(c4cnccn4)C3)nc(C)n2c1C. The van der Waals surface area contributed by atoms with Gasteiger partial charge < -0.3 is 4.90 Å². The van der Waals surface area contributed by atoms with Crippen LogP contribution in [0.15, 0.2) is 18.6 Å². The second-order valence-corrected chi connectivity index (χ2v) is 7.48. The van der Waals surface area contributed by atoms with Gasteiger partial charge in [-0.2, -0.15) is 0 Å². The first kappa shape index (κ1) is 14.6. The molecule has 0 spiro atoms. The second-order valence-electron chi connectivity index (χ2n) is 6.28. The van der Waals surface area contributed by atoms with Gasteiger partial charge in [0.15, 0.2) is 0 Å². The molecule has 1 aliphatic rings. The summed E-state index contributed by atoms with van der Waals surface area (Å²) in [5.41, 5.74) is 2.58. The molecule has 0 aromatic carbocycles. The van der Waals surface area contributed by atoms with Crippen molar-refractivity contribution in [1.82, 2.24) is 19.4 Å². The molecule has 0 saturated carbocycles. The molecule has 4 rings (SSSR count). The van der Waals surface area contributed by atoms with Crippen molar-refractivity contribution in [2.45, 2.75) is 39.5 Å². The Bertz CT molecular complexity index is 836. The Hall–Kier alpha value is -1.95. The second kappa shape index (κ2) is 5.60. The average molecular weight is 327 g/mol. The largest absolute Gasteiger partial charge is 0.355 e. The molecule has 0 N–H and O–H groups in total. The molecule has 6 heteroatoms. The highest BCUT2D eigenvalue weighted by Gasteiger charge is 2.27. The molecular formula is C17H21N5S. The van der Waals surface area contributed by atoms with Gasteiger partial charge in [-0.25, -0.2) is 9.97 Å². The highest BCUT2D eigenvalue weighted by atomic mass is 32.1. The molecule has 5 nitrogen and oxygen atoms in total. The predicted molar refractivity (Wildman–Crippen MR) is 93.5 cm³/mol. The molecule has 1 fully saturated rings. The normalized spacial score (nSPS) is 18.7. The number of hydrogen-bond acceptors (Lipinski definition) is 5. The van der Waals surface area contributed by atoms with Crippen LogP contribution in [0.5, 0.6) is 0 Å². The third-order valence-corrected chi connectivity index (χ3v) is 5.99. The fourth-order valence-electron chi connectivity index (χ4n) is 3.53. The van der Waals surface area contributed by atoms with E-state index in [9.17, 15) is 0 Å². The number of aryl methyl sites for hydroxylation is 3. The Morgan fingerprint density at radius 2 is 2.09 bits per heavy atom. The van der Waals surface area contributed by atoms with Gasteiger partial charge in [0.1, 0.15) is 16.5 Å². The number of hydrogen-bond donors (Lipinski definition) is 0. The van der Waals surface area contributed by atoms with Crippen LogP contribution in [0.2, 0.25) is 0 Å². The van der Waals surface area contributed by atoms with E-state index in [0.29, 0.717) is 5.92 Å². The number of anilines is 1. The molecule has 120 valence electrons. The Kier molecular flexibility index (Phi) is 3.56. The summed E-state index contributed by atoms with van der Waals surface area (Å²) in [6.07, 6.45) is 7.71. The Labute approximate surface area is 140 Å². The number of nitrogens with zero attached hydrogens (tertiary/aromatic N) is 5. The van der Waals surface area contributed by atoms with Gasteiger partial charge in [0.25, 0.3) is 0 Å². The van der Waals surface area contributed by atoms with Crippen LogP contribution in [0.4, 0.5) is 5.82 Å². The lowest BCUT2D eigenvalue weighted by Crippen LogP contribution is -2.35. The van der Waals surface area contributed by atoms with Crippen LogP contribution in [-0.2, 0) is 0 Å². The molecular weight excluding hydrogens is 306 g/mol. The molecule has 3 aromatic rings. The van der Waals surface area contributed by atoms with Crippen LogP contribution >= 0.6 is 11.3 Å². The summed E-state index contributed by atoms with van der Waals surface area (Å²) in [5.74, 6) is 2.54. The van der Waals surface area contributed by atoms with Gasteiger partial charge in [-0.15, -0.1) is 11.3 Å². The average Bonchev–Trinajstić information content (AvgIpc) is 3.06. The number of aromatic nitrogens is 4. The van der Waals surface area contributed by atoms with Crippen molar-refractivity contribution in [2.75, 3.05) is 18.0 Å². The minimum Gasteiger partial charge on any atom is -0.355 e. The standard InChI is InChI=1S/C17H21N5S/c1-11-12(2)23-17-16(20-13(3)22(11)17)14-5-4-8-21(10-14)15-9-18-6-7-19-15/h6-7,9,14H,4-5,8,10H2,1-3H3/t14-/m0/s1. The van der Waals surface area contributed by atoms with Crippen molar-refractivity contribution >= 4 is 22.0 Å². The fraction of sp³-hybridized carbons (Fsp3) is 0.471. The lowest BCUT2D eigenvalue weighted by atomic mass is 9.95. The van der Waals surface area contributed by atoms with Crippen LogP contribution in [0.3, 0.4) is 0 Å². The van der Waals surface area contributed by atoms with E-state index in [1.165, 1.54) is 33.9 Å². The predicted octanol–water partition coefficient (Wildman–Crippen LogP) is 3.50. The first-order valence-electron chi connectivity index (χ1n) is 8.11. The maximum atomic E-state index is 4.91. The molecule has 4 heterocycles. The zero-order valence-corrected chi connectivity index (χ0v) is 14.6. The van der Waals surface area contributed by atoms with Gasteiger partial charge in [-0.1, -0.05) is 0 Å². The lowest BCUT2D eigenvalue weighted by Gasteiger charge is -2.32. The van der Waals surface area contributed by atoms with Crippen molar-refractivity contribution in [3.8, 4) is 0 Å². The molecule has 0 bridgehead atoms. The van der Waals surface area contributed by atoms with Crippen molar-refractivity contribution < 1.29 is 0 Å². The number of piperidine rings is 1. The summed E-state index contributed by atoms with van der Waals surface area (Å²) >= 11 is 1.87. The molecule has 1 atom stereocenters. The highest BCUT2D eigenvalue weighted by Crippen LogP contribution is 2.35. The molecule has 0 radical (unpaired) electrons. The molecule has 3 aromatic heterocycles. The Morgan fingerprint density at radius 3 is 2.87 bits per heavy atom. The lowest BCUT2D eigenvalue weighted by molar-refractivity contribution is 0.502. The zero-order valence-electron chi connectivity index (χ0n) is 13.8. The minimum absolute atomic E-state index is 0.465. The zero-order chi connectivity index (χ0) is 16.0. The number of fused-ring (bicyclic) bond motifs is 1. The van der Waals surface area contributed by atoms with Crippen molar-refractivity contribution in [1.29, 1.82) is 0 Å². The monoisotopic (exact) mass is 327 g/mol. The van der Waals surface area contributed by atoms with Crippen molar-refractivity contribution in [2.24, 2.45) is 0 Å². The topological polar surface area (TPSA) is 46.3 Å². The van der Waals surface area contributed by atoms with E-state index in [1.807, 2.05) is 17.5 Å². The summed E-state index contributed by atoms with van der Waals surface area (Å²) in [5, 5.41) is 0. The van der Waals surface area contributed by atoms with Gasteiger partial charge >= 0.3 is 0 Å². The van der Waals surface area contributed by atoms with Crippen LogP contribution < -0.4 is 4.90 Å². The van der Waals surface area contributed by atoms with E-state index in [0.717, 1.165) is 24.7 Å². The summed E-state index contributed by atoms with van der Waals surface area (Å²) < 4.78 is 2.32. The smallest absolute Gasteiger partial charge is 0.147 e. The first-order chi connectivity index (χ1) is 11.1. The number of imidazole rings is 1. The number of thiazole rings is 1. The first-order valence-corrected chi connectivity index (χ1v) is 8.92. The Balaban J connectivity index is 1.69. The van der Waals surface area contributed by atoms with Gasteiger partial charge in [0.2, 0.25) is 0 Å².